The molecule has 2 aromatic heterocycles. The van der Waals surface area contributed by atoms with Gasteiger partial charge in [-0.3, -0.25) is 9.78 Å². The molecule has 134 valence electrons. The van der Waals surface area contributed by atoms with Gasteiger partial charge in [0.1, 0.15) is 5.69 Å². The zero-order valence-electron chi connectivity index (χ0n) is 14.0. The lowest BCUT2D eigenvalue weighted by molar-refractivity contribution is -0.115. The molecule has 1 amide bonds. The molecule has 0 fully saturated rings. The molecule has 0 saturated carbocycles. The summed E-state index contributed by atoms with van der Waals surface area (Å²) in [5.74, 6) is 0.431. The Morgan fingerprint density at radius 1 is 1.19 bits per heavy atom. The molecule has 2 heterocycles. The average molecular weight is 408 g/mol. The van der Waals surface area contributed by atoms with Crippen molar-refractivity contribution in [3.05, 3.63) is 52.6 Å². The van der Waals surface area contributed by atoms with Gasteiger partial charge in [-0.05, 0) is 31.2 Å². The number of nitrogens with one attached hydrogen (secondary N) is 1. The second-order valence-corrected chi connectivity index (χ2v) is 7.52. The van der Waals surface area contributed by atoms with Crippen LogP contribution in [0.5, 0.6) is 0 Å². The van der Waals surface area contributed by atoms with E-state index in [1.54, 1.807) is 31.3 Å². The van der Waals surface area contributed by atoms with Crippen molar-refractivity contribution in [3.8, 4) is 11.5 Å². The quantitative estimate of drug-likeness (QED) is 0.638. The van der Waals surface area contributed by atoms with E-state index in [1.807, 2.05) is 29.8 Å². The van der Waals surface area contributed by atoms with Crippen LogP contribution in [0.4, 0.5) is 5.69 Å². The number of halogens is 2. The maximum atomic E-state index is 12.5. The number of carbonyl (C=O) groups excluding carboxylic acids is 1. The zero-order valence-corrected chi connectivity index (χ0v) is 16.3. The van der Waals surface area contributed by atoms with E-state index in [9.17, 15) is 4.79 Å². The smallest absolute Gasteiger partial charge is 0.237 e. The SMILES string of the molecule is CC(Sc1nnc(-c2ccccn2)n1C)C(=O)Nc1cccc(Cl)c1Cl. The molecule has 0 saturated heterocycles. The predicted molar refractivity (Wildman–Crippen MR) is 105 cm³/mol. The molecule has 1 unspecified atom stereocenters. The van der Waals surface area contributed by atoms with E-state index in [2.05, 4.69) is 20.5 Å². The molecule has 1 N–H and O–H groups in total. The predicted octanol–water partition coefficient (Wildman–Crippen LogP) is 4.30. The van der Waals surface area contributed by atoms with Crippen LogP contribution in [0.3, 0.4) is 0 Å². The fourth-order valence-electron chi connectivity index (χ4n) is 2.18. The van der Waals surface area contributed by atoms with E-state index in [4.69, 9.17) is 23.2 Å². The van der Waals surface area contributed by atoms with Crippen molar-refractivity contribution < 1.29 is 4.79 Å². The van der Waals surface area contributed by atoms with Crippen LogP contribution in [-0.2, 0) is 11.8 Å². The van der Waals surface area contributed by atoms with Gasteiger partial charge in [0.05, 0.1) is 21.0 Å². The first kappa shape index (κ1) is 18.7. The molecule has 0 spiro atoms. The second kappa shape index (κ2) is 8.07. The molecule has 0 radical (unpaired) electrons. The first-order valence-corrected chi connectivity index (χ1v) is 9.33. The highest BCUT2D eigenvalue weighted by Crippen LogP contribution is 2.31. The monoisotopic (exact) mass is 407 g/mol. The van der Waals surface area contributed by atoms with Gasteiger partial charge in [0.25, 0.3) is 0 Å². The molecule has 0 aliphatic rings. The molecule has 1 aromatic carbocycles. The number of anilines is 1. The van der Waals surface area contributed by atoms with Crippen LogP contribution in [0.15, 0.2) is 47.8 Å². The topological polar surface area (TPSA) is 72.7 Å². The number of hydrogen-bond acceptors (Lipinski definition) is 5. The van der Waals surface area contributed by atoms with Crippen LogP contribution < -0.4 is 5.32 Å². The minimum atomic E-state index is -0.412. The standard InChI is InChI=1S/C17H15Cl2N5OS/c1-10(16(25)21-12-8-5-6-11(18)14(12)19)26-17-23-22-15(24(17)2)13-7-3-4-9-20-13/h3-10H,1-2H3,(H,21,25). The van der Waals surface area contributed by atoms with Crippen LogP contribution in [0.1, 0.15) is 6.92 Å². The van der Waals surface area contributed by atoms with Crippen molar-refractivity contribution >= 4 is 46.6 Å². The lowest BCUT2D eigenvalue weighted by atomic mass is 10.3. The fraction of sp³-hybridized carbons (Fsp3) is 0.176. The summed E-state index contributed by atoms with van der Waals surface area (Å²) in [5.41, 5.74) is 1.20. The largest absolute Gasteiger partial charge is 0.324 e. The van der Waals surface area contributed by atoms with E-state index in [0.717, 1.165) is 5.69 Å². The highest BCUT2D eigenvalue weighted by atomic mass is 35.5. The van der Waals surface area contributed by atoms with Gasteiger partial charge in [0.15, 0.2) is 11.0 Å². The molecule has 3 aromatic rings. The molecule has 0 bridgehead atoms. The molecular weight excluding hydrogens is 393 g/mol. The number of rotatable bonds is 5. The molecule has 3 rings (SSSR count). The molecule has 1 atom stereocenters. The number of carbonyl (C=O) groups is 1. The molecular formula is C17H15Cl2N5OS. The third-order valence-electron chi connectivity index (χ3n) is 3.59. The zero-order chi connectivity index (χ0) is 18.7. The highest BCUT2D eigenvalue weighted by Gasteiger charge is 2.20. The van der Waals surface area contributed by atoms with E-state index in [0.29, 0.717) is 26.7 Å². The third-order valence-corrected chi connectivity index (χ3v) is 5.54. The molecule has 0 aliphatic heterocycles. The van der Waals surface area contributed by atoms with Crippen LogP contribution >= 0.6 is 35.0 Å². The Bertz CT molecular complexity index is 932. The summed E-state index contributed by atoms with van der Waals surface area (Å²) in [6, 6.07) is 10.7. The first-order chi connectivity index (χ1) is 12.5. The van der Waals surface area contributed by atoms with E-state index < -0.39 is 5.25 Å². The van der Waals surface area contributed by atoms with Gasteiger partial charge in [-0.1, -0.05) is 47.1 Å². The molecule has 9 heteroatoms. The van der Waals surface area contributed by atoms with Crippen LogP contribution in [-0.4, -0.2) is 30.9 Å². The average Bonchev–Trinajstić information content (AvgIpc) is 3.00. The van der Waals surface area contributed by atoms with E-state index >= 15 is 0 Å². The van der Waals surface area contributed by atoms with Crippen LogP contribution in [0.25, 0.3) is 11.5 Å². The van der Waals surface area contributed by atoms with Crippen molar-refractivity contribution in [1.82, 2.24) is 19.7 Å². The number of hydrogen-bond donors (Lipinski definition) is 1. The Hall–Kier alpha value is -2.09. The Balaban J connectivity index is 1.72. The maximum Gasteiger partial charge on any atom is 0.237 e. The number of nitrogens with zero attached hydrogens (tertiary/aromatic N) is 4. The number of thioether (sulfide) groups is 1. The summed E-state index contributed by atoms with van der Waals surface area (Å²) in [7, 11) is 1.84. The highest BCUT2D eigenvalue weighted by molar-refractivity contribution is 8.00. The van der Waals surface area contributed by atoms with Gasteiger partial charge < -0.3 is 9.88 Å². The third kappa shape index (κ3) is 4.00. The van der Waals surface area contributed by atoms with Gasteiger partial charge in [0, 0.05) is 13.2 Å². The van der Waals surface area contributed by atoms with Gasteiger partial charge in [-0.2, -0.15) is 0 Å². The van der Waals surface area contributed by atoms with E-state index in [-0.39, 0.29) is 5.91 Å². The number of amides is 1. The summed E-state index contributed by atoms with van der Waals surface area (Å²) < 4.78 is 1.81. The van der Waals surface area contributed by atoms with Crippen molar-refractivity contribution in [2.45, 2.75) is 17.3 Å². The Labute approximate surface area is 164 Å². The summed E-state index contributed by atoms with van der Waals surface area (Å²) in [6.45, 7) is 1.79. The number of pyridine rings is 1. The van der Waals surface area contributed by atoms with Crippen molar-refractivity contribution in [1.29, 1.82) is 0 Å². The minimum Gasteiger partial charge on any atom is -0.324 e. The summed E-state index contributed by atoms with van der Waals surface area (Å²) in [4.78, 5) is 16.7. The first-order valence-electron chi connectivity index (χ1n) is 7.69. The van der Waals surface area contributed by atoms with Gasteiger partial charge in [-0.25, -0.2) is 0 Å². The Morgan fingerprint density at radius 3 is 2.73 bits per heavy atom. The fourth-order valence-corrected chi connectivity index (χ4v) is 3.34. The van der Waals surface area contributed by atoms with Crippen molar-refractivity contribution in [2.75, 3.05) is 5.32 Å². The lowest BCUT2D eigenvalue weighted by Gasteiger charge is -2.13. The lowest BCUT2D eigenvalue weighted by Crippen LogP contribution is -2.23. The van der Waals surface area contributed by atoms with Crippen molar-refractivity contribution in [3.63, 3.8) is 0 Å². The molecule has 6 nitrogen and oxygen atoms in total. The number of benzene rings is 1. The number of aromatic nitrogens is 4. The normalized spacial score (nSPS) is 12.0. The van der Waals surface area contributed by atoms with Crippen molar-refractivity contribution in [2.24, 2.45) is 7.05 Å². The van der Waals surface area contributed by atoms with Crippen LogP contribution in [0, 0.1) is 0 Å². The Morgan fingerprint density at radius 2 is 2.00 bits per heavy atom. The molecule has 26 heavy (non-hydrogen) atoms. The van der Waals surface area contributed by atoms with Gasteiger partial charge >= 0.3 is 0 Å². The Kier molecular flexibility index (Phi) is 5.80. The second-order valence-electron chi connectivity index (χ2n) is 5.43. The van der Waals surface area contributed by atoms with E-state index in [1.165, 1.54) is 11.8 Å². The minimum absolute atomic E-state index is 0.207. The van der Waals surface area contributed by atoms with Gasteiger partial charge in [0.2, 0.25) is 5.91 Å². The maximum absolute atomic E-state index is 12.5. The molecule has 0 aliphatic carbocycles. The van der Waals surface area contributed by atoms with Gasteiger partial charge in [-0.15, -0.1) is 10.2 Å². The summed E-state index contributed by atoms with van der Waals surface area (Å²) in [6.07, 6.45) is 1.70. The summed E-state index contributed by atoms with van der Waals surface area (Å²) >= 11 is 13.4. The van der Waals surface area contributed by atoms with Crippen LogP contribution in [0.2, 0.25) is 10.0 Å². The summed E-state index contributed by atoms with van der Waals surface area (Å²) in [5, 5.41) is 12.0.